The highest BCUT2D eigenvalue weighted by Gasteiger charge is 2.18. The SMILES string of the molecule is COc1cc(C(=O)c2cncn2C)ccc1S(C)(=O)=O. The van der Waals surface area contributed by atoms with Gasteiger partial charge in [-0.25, -0.2) is 13.4 Å². The standard InChI is InChI=1S/C13H14N2O4S/c1-15-8-14-7-10(15)13(16)9-4-5-12(20(3,17)18)11(6-9)19-2/h4-8H,1-3H3. The van der Waals surface area contributed by atoms with Crippen LogP contribution in [-0.4, -0.2) is 37.1 Å². The van der Waals surface area contributed by atoms with Crippen molar-refractivity contribution in [3.63, 3.8) is 0 Å². The summed E-state index contributed by atoms with van der Waals surface area (Å²) in [7, 11) is -0.330. The molecule has 0 spiro atoms. The fourth-order valence-electron chi connectivity index (χ4n) is 1.84. The Labute approximate surface area is 116 Å². The summed E-state index contributed by atoms with van der Waals surface area (Å²) in [6.07, 6.45) is 4.07. The zero-order valence-electron chi connectivity index (χ0n) is 11.3. The molecule has 0 saturated carbocycles. The average Bonchev–Trinajstić information content (AvgIpc) is 2.82. The third kappa shape index (κ3) is 2.57. The van der Waals surface area contributed by atoms with Gasteiger partial charge in [0.2, 0.25) is 5.78 Å². The molecule has 2 aromatic rings. The van der Waals surface area contributed by atoms with Gasteiger partial charge >= 0.3 is 0 Å². The maximum atomic E-state index is 12.3. The van der Waals surface area contributed by atoms with Crippen LogP contribution in [-0.2, 0) is 16.9 Å². The highest BCUT2D eigenvalue weighted by molar-refractivity contribution is 7.90. The van der Waals surface area contributed by atoms with Gasteiger partial charge in [0.1, 0.15) is 16.3 Å². The number of hydrogen-bond donors (Lipinski definition) is 0. The number of hydrogen-bond acceptors (Lipinski definition) is 5. The van der Waals surface area contributed by atoms with Crippen molar-refractivity contribution in [2.75, 3.05) is 13.4 Å². The van der Waals surface area contributed by atoms with Gasteiger partial charge in [-0.15, -0.1) is 0 Å². The van der Waals surface area contributed by atoms with Gasteiger partial charge in [0, 0.05) is 18.9 Å². The summed E-state index contributed by atoms with van der Waals surface area (Å²) >= 11 is 0. The molecule has 0 aliphatic carbocycles. The number of aromatic nitrogens is 2. The van der Waals surface area contributed by atoms with Crippen molar-refractivity contribution < 1.29 is 17.9 Å². The third-order valence-electron chi connectivity index (χ3n) is 2.87. The van der Waals surface area contributed by atoms with Crippen molar-refractivity contribution in [1.29, 1.82) is 0 Å². The Bertz CT molecular complexity index is 762. The van der Waals surface area contributed by atoms with E-state index in [4.69, 9.17) is 4.74 Å². The second-order valence-corrected chi connectivity index (χ2v) is 6.34. The normalized spacial score (nSPS) is 11.3. The second kappa shape index (κ2) is 5.09. The summed E-state index contributed by atoms with van der Waals surface area (Å²) in [6.45, 7) is 0. The fourth-order valence-corrected chi connectivity index (χ4v) is 2.66. The second-order valence-electron chi connectivity index (χ2n) is 4.36. The first-order valence-corrected chi connectivity index (χ1v) is 7.63. The van der Waals surface area contributed by atoms with Crippen LogP contribution in [0.5, 0.6) is 5.75 Å². The molecular formula is C13H14N2O4S. The van der Waals surface area contributed by atoms with Crippen LogP contribution in [0.2, 0.25) is 0 Å². The zero-order valence-corrected chi connectivity index (χ0v) is 12.1. The highest BCUT2D eigenvalue weighted by atomic mass is 32.2. The van der Waals surface area contributed by atoms with Crippen LogP contribution < -0.4 is 4.74 Å². The molecule has 0 fully saturated rings. The number of ketones is 1. The first-order chi connectivity index (χ1) is 9.34. The average molecular weight is 294 g/mol. The van der Waals surface area contributed by atoms with Gasteiger partial charge in [-0.3, -0.25) is 4.79 Å². The van der Waals surface area contributed by atoms with E-state index >= 15 is 0 Å². The number of aryl methyl sites for hydroxylation is 1. The number of carbonyl (C=O) groups is 1. The van der Waals surface area contributed by atoms with Gasteiger partial charge in [0.15, 0.2) is 9.84 Å². The minimum absolute atomic E-state index is 0.0570. The van der Waals surface area contributed by atoms with Crippen LogP contribution in [0.15, 0.2) is 35.6 Å². The summed E-state index contributed by atoms with van der Waals surface area (Å²) in [5.41, 5.74) is 0.761. The Hall–Kier alpha value is -2.15. The van der Waals surface area contributed by atoms with Gasteiger partial charge < -0.3 is 9.30 Å². The molecule has 0 bridgehead atoms. The Morgan fingerprint density at radius 2 is 2.05 bits per heavy atom. The Morgan fingerprint density at radius 1 is 1.35 bits per heavy atom. The van der Waals surface area contributed by atoms with Crippen LogP contribution in [0.1, 0.15) is 16.1 Å². The molecule has 0 aliphatic heterocycles. The number of rotatable bonds is 4. The Morgan fingerprint density at radius 3 is 2.55 bits per heavy atom. The molecule has 0 radical (unpaired) electrons. The lowest BCUT2D eigenvalue weighted by Gasteiger charge is -2.09. The molecule has 20 heavy (non-hydrogen) atoms. The predicted molar refractivity (Wildman–Crippen MR) is 72.7 cm³/mol. The molecule has 0 unspecified atom stereocenters. The van der Waals surface area contributed by atoms with E-state index in [1.54, 1.807) is 11.6 Å². The van der Waals surface area contributed by atoms with Crippen molar-refractivity contribution in [3.05, 3.63) is 42.0 Å². The molecule has 0 atom stereocenters. The van der Waals surface area contributed by atoms with Crippen LogP contribution in [0, 0.1) is 0 Å². The van der Waals surface area contributed by atoms with Gasteiger partial charge in [0.25, 0.3) is 0 Å². The van der Waals surface area contributed by atoms with Crippen LogP contribution in [0.4, 0.5) is 0 Å². The third-order valence-corrected chi connectivity index (χ3v) is 4.01. The van der Waals surface area contributed by atoms with Gasteiger partial charge in [-0.1, -0.05) is 0 Å². The van der Waals surface area contributed by atoms with Crippen LogP contribution in [0.3, 0.4) is 0 Å². The van der Waals surface area contributed by atoms with Gasteiger partial charge in [-0.05, 0) is 18.2 Å². The number of imidazole rings is 1. The van der Waals surface area contributed by atoms with E-state index in [1.165, 1.54) is 37.8 Å². The summed E-state index contributed by atoms with van der Waals surface area (Å²) in [6, 6.07) is 4.26. The Balaban J connectivity index is 2.51. The van der Waals surface area contributed by atoms with Crippen molar-refractivity contribution in [2.45, 2.75) is 4.90 Å². The van der Waals surface area contributed by atoms with Crippen LogP contribution in [0.25, 0.3) is 0 Å². The number of ether oxygens (including phenoxy) is 1. The van der Waals surface area contributed by atoms with E-state index in [0.29, 0.717) is 11.3 Å². The molecular weight excluding hydrogens is 280 g/mol. The number of methoxy groups -OCH3 is 1. The molecule has 1 aromatic carbocycles. The number of sulfone groups is 1. The maximum Gasteiger partial charge on any atom is 0.211 e. The van der Waals surface area contributed by atoms with Crippen molar-refractivity contribution >= 4 is 15.6 Å². The first-order valence-electron chi connectivity index (χ1n) is 5.73. The summed E-state index contributed by atoms with van der Waals surface area (Å²) in [5.74, 6) is -0.0936. The first kappa shape index (κ1) is 14.3. The van der Waals surface area contributed by atoms with Crippen molar-refractivity contribution in [1.82, 2.24) is 9.55 Å². The van der Waals surface area contributed by atoms with Gasteiger partial charge in [-0.2, -0.15) is 0 Å². The lowest BCUT2D eigenvalue weighted by atomic mass is 10.1. The smallest absolute Gasteiger partial charge is 0.211 e. The molecule has 0 aliphatic rings. The summed E-state index contributed by atoms with van der Waals surface area (Å²) in [5, 5.41) is 0. The molecule has 1 aromatic heterocycles. The topological polar surface area (TPSA) is 78.3 Å². The molecule has 0 amide bonds. The largest absolute Gasteiger partial charge is 0.495 e. The van der Waals surface area contributed by atoms with E-state index in [-0.39, 0.29) is 16.4 Å². The predicted octanol–water partition coefficient (Wildman–Crippen LogP) is 1.06. The van der Waals surface area contributed by atoms with E-state index in [0.717, 1.165) is 6.26 Å². The Kier molecular flexibility index (Phi) is 3.63. The quantitative estimate of drug-likeness (QED) is 0.788. The van der Waals surface area contributed by atoms with E-state index in [1.807, 2.05) is 0 Å². The summed E-state index contributed by atoms with van der Waals surface area (Å²) < 4.78 is 29.8. The molecule has 106 valence electrons. The van der Waals surface area contributed by atoms with E-state index in [2.05, 4.69) is 4.98 Å². The maximum absolute atomic E-state index is 12.3. The zero-order chi connectivity index (χ0) is 14.9. The molecule has 7 heteroatoms. The highest BCUT2D eigenvalue weighted by Crippen LogP contribution is 2.25. The van der Waals surface area contributed by atoms with E-state index < -0.39 is 9.84 Å². The lowest BCUT2D eigenvalue weighted by molar-refractivity contribution is 0.103. The number of benzene rings is 1. The van der Waals surface area contributed by atoms with Crippen molar-refractivity contribution in [3.8, 4) is 5.75 Å². The van der Waals surface area contributed by atoms with Crippen LogP contribution >= 0.6 is 0 Å². The fraction of sp³-hybridized carbons (Fsp3) is 0.231. The summed E-state index contributed by atoms with van der Waals surface area (Å²) in [4.78, 5) is 16.2. The minimum Gasteiger partial charge on any atom is -0.495 e. The number of carbonyl (C=O) groups excluding carboxylic acids is 1. The molecule has 6 nitrogen and oxygen atoms in total. The van der Waals surface area contributed by atoms with E-state index in [9.17, 15) is 13.2 Å². The lowest BCUT2D eigenvalue weighted by Crippen LogP contribution is -2.08. The molecule has 0 N–H and O–H groups in total. The minimum atomic E-state index is -3.40. The number of nitrogens with zero attached hydrogens (tertiary/aromatic N) is 2. The van der Waals surface area contributed by atoms with Crippen molar-refractivity contribution in [2.24, 2.45) is 7.05 Å². The molecule has 0 saturated heterocycles. The molecule has 1 heterocycles. The molecule has 2 rings (SSSR count). The monoisotopic (exact) mass is 294 g/mol. The van der Waals surface area contributed by atoms with Gasteiger partial charge in [0.05, 0.1) is 19.6 Å².